The van der Waals surface area contributed by atoms with E-state index in [1.807, 2.05) is 20.8 Å². The van der Waals surface area contributed by atoms with Crippen molar-refractivity contribution >= 4 is 6.09 Å². The van der Waals surface area contributed by atoms with Gasteiger partial charge in [-0.1, -0.05) is 0 Å². The van der Waals surface area contributed by atoms with Crippen molar-refractivity contribution in [3.8, 4) is 11.3 Å². The Hall–Kier alpha value is -2.44. The quantitative estimate of drug-likeness (QED) is 0.936. The number of aromatic amines is 1. The van der Waals surface area contributed by atoms with Crippen LogP contribution in [0.4, 0.5) is 4.79 Å². The SMILES string of the molecule is CC(C)(C)OC(=O)N1CC[C@H](Cc2cnc(-c3cn[nH]c3)cn2)C1. The van der Waals surface area contributed by atoms with Crippen molar-refractivity contribution in [1.82, 2.24) is 25.1 Å². The van der Waals surface area contributed by atoms with Crippen LogP contribution in [0.1, 0.15) is 32.9 Å². The molecule has 0 spiro atoms. The number of aromatic nitrogens is 4. The first kappa shape index (κ1) is 16.4. The second-order valence-electron chi connectivity index (χ2n) is 7.17. The van der Waals surface area contributed by atoms with Gasteiger partial charge < -0.3 is 9.64 Å². The first-order valence-electron chi connectivity index (χ1n) is 8.19. The van der Waals surface area contributed by atoms with Crippen LogP contribution in [0.25, 0.3) is 11.3 Å². The highest BCUT2D eigenvalue weighted by Crippen LogP contribution is 2.22. The molecule has 2 aromatic heterocycles. The minimum Gasteiger partial charge on any atom is -0.444 e. The smallest absolute Gasteiger partial charge is 0.410 e. The third-order valence-electron chi connectivity index (χ3n) is 3.93. The molecule has 0 bridgehead atoms. The lowest BCUT2D eigenvalue weighted by Gasteiger charge is -2.24. The Morgan fingerprint density at radius 2 is 2.17 bits per heavy atom. The van der Waals surface area contributed by atoms with Crippen LogP contribution < -0.4 is 0 Å². The van der Waals surface area contributed by atoms with Gasteiger partial charge in [-0.15, -0.1) is 0 Å². The van der Waals surface area contributed by atoms with Crippen LogP contribution >= 0.6 is 0 Å². The highest BCUT2D eigenvalue weighted by Gasteiger charge is 2.30. The van der Waals surface area contributed by atoms with Crippen molar-refractivity contribution in [3.63, 3.8) is 0 Å². The molecule has 2 aromatic rings. The van der Waals surface area contributed by atoms with Crippen LogP contribution in [0.3, 0.4) is 0 Å². The maximum absolute atomic E-state index is 12.1. The van der Waals surface area contributed by atoms with Gasteiger partial charge in [0.05, 0.1) is 23.8 Å². The van der Waals surface area contributed by atoms with Gasteiger partial charge in [0.15, 0.2) is 0 Å². The van der Waals surface area contributed by atoms with Crippen molar-refractivity contribution < 1.29 is 9.53 Å². The Kier molecular flexibility index (Phi) is 4.51. The Bertz CT molecular complexity index is 676. The molecule has 3 rings (SSSR count). The largest absolute Gasteiger partial charge is 0.444 e. The monoisotopic (exact) mass is 329 g/mol. The Labute approximate surface area is 141 Å². The van der Waals surface area contributed by atoms with E-state index >= 15 is 0 Å². The summed E-state index contributed by atoms with van der Waals surface area (Å²) in [5.74, 6) is 0.395. The standard InChI is InChI=1S/C17H23N5O2/c1-17(2,3)24-16(23)22-5-4-12(11-22)6-14-9-19-15(10-18-14)13-7-20-21-8-13/h7-10,12H,4-6,11H2,1-3H3,(H,20,21)/t12-/m1/s1. The molecular formula is C17H23N5O2. The van der Waals surface area contributed by atoms with Gasteiger partial charge in [-0.25, -0.2) is 4.79 Å². The van der Waals surface area contributed by atoms with E-state index in [4.69, 9.17) is 4.74 Å². The molecule has 0 aromatic carbocycles. The number of ether oxygens (including phenoxy) is 1. The summed E-state index contributed by atoms with van der Waals surface area (Å²) >= 11 is 0. The summed E-state index contributed by atoms with van der Waals surface area (Å²) in [6.45, 7) is 7.10. The normalized spacial score (nSPS) is 18.0. The second-order valence-corrected chi connectivity index (χ2v) is 7.17. The first-order valence-corrected chi connectivity index (χ1v) is 8.19. The number of amides is 1. The van der Waals surface area contributed by atoms with E-state index in [2.05, 4.69) is 20.2 Å². The number of carbonyl (C=O) groups excluding carboxylic acids is 1. The molecule has 1 atom stereocenters. The molecule has 1 fully saturated rings. The number of likely N-dealkylation sites (tertiary alicyclic amines) is 1. The lowest BCUT2D eigenvalue weighted by atomic mass is 10.0. The van der Waals surface area contributed by atoms with Crippen molar-refractivity contribution in [3.05, 3.63) is 30.5 Å². The maximum atomic E-state index is 12.1. The van der Waals surface area contributed by atoms with E-state index in [1.54, 1.807) is 29.7 Å². The van der Waals surface area contributed by atoms with Gasteiger partial charge in [0.1, 0.15) is 5.60 Å². The van der Waals surface area contributed by atoms with Crippen LogP contribution in [0.2, 0.25) is 0 Å². The van der Waals surface area contributed by atoms with E-state index in [9.17, 15) is 4.79 Å². The molecule has 7 heteroatoms. The summed E-state index contributed by atoms with van der Waals surface area (Å²) in [5, 5.41) is 6.68. The zero-order valence-electron chi connectivity index (χ0n) is 14.3. The fourth-order valence-corrected chi connectivity index (χ4v) is 2.79. The number of nitrogens with one attached hydrogen (secondary N) is 1. The molecule has 0 aliphatic carbocycles. The molecule has 24 heavy (non-hydrogen) atoms. The molecule has 128 valence electrons. The number of hydrogen-bond donors (Lipinski definition) is 1. The number of hydrogen-bond acceptors (Lipinski definition) is 5. The molecule has 0 radical (unpaired) electrons. The highest BCUT2D eigenvalue weighted by atomic mass is 16.6. The van der Waals surface area contributed by atoms with E-state index in [1.165, 1.54) is 0 Å². The van der Waals surface area contributed by atoms with E-state index in [0.29, 0.717) is 12.5 Å². The number of H-pyrrole nitrogens is 1. The van der Waals surface area contributed by atoms with Gasteiger partial charge in [-0.3, -0.25) is 15.1 Å². The van der Waals surface area contributed by atoms with Crippen molar-refractivity contribution in [2.24, 2.45) is 5.92 Å². The fourth-order valence-electron chi connectivity index (χ4n) is 2.79. The van der Waals surface area contributed by atoms with Gasteiger partial charge in [0.25, 0.3) is 0 Å². The summed E-state index contributed by atoms with van der Waals surface area (Å²) in [5.41, 5.74) is 2.21. The predicted octanol–water partition coefficient (Wildman–Crippen LogP) is 2.67. The van der Waals surface area contributed by atoms with Crippen LogP contribution in [-0.2, 0) is 11.2 Å². The molecule has 1 N–H and O–H groups in total. The molecule has 1 aliphatic heterocycles. The topological polar surface area (TPSA) is 84.0 Å². The van der Waals surface area contributed by atoms with E-state index in [0.717, 1.165) is 36.3 Å². The zero-order valence-corrected chi connectivity index (χ0v) is 14.3. The lowest BCUT2D eigenvalue weighted by molar-refractivity contribution is 0.0288. The minimum absolute atomic E-state index is 0.230. The van der Waals surface area contributed by atoms with Crippen LogP contribution in [0.5, 0.6) is 0 Å². The van der Waals surface area contributed by atoms with Gasteiger partial charge in [0, 0.05) is 31.0 Å². The van der Waals surface area contributed by atoms with Gasteiger partial charge in [0.2, 0.25) is 0 Å². The van der Waals surface area contributed by atoms with Crippen molar-refractivity contribution in [1.29, 1.82) is 0 Å². The molecule has 3 heterocycles. The number of carbonyl (C=O) groups is 1. The molecule has 1 aliphatic rings. The van der Waals surface area contributed by atoms with Crippen molar-refractivity contribution in [2.45, 2.75) is 39.2 Å². The maximum Gasteiger partial charge on any atom is 0.410 e. The summed E-state index contributed by atoms with van der Waals surface area (Å²) in [7, 11) is 0. The summed E-state index contributed by atoms with van der Waals surface area (Å²) < 4.78 is 5.43. The van der Waals surface area contributed by atoms with Crippen LogP contribution in [-0.4, -0.2) is 49.8 Å². The van der Waals surface area contributed by atoms with E-state index < -0.39 is 5.60 Å². The first-order chi connectivity index (χ1) is 11.4. The van der Waals surface area contributed by atoms with Crippen molar-refractivity contribution in [2.75, 3.05) is 13.1 Å². The molecule has 0 unspecified atom stereocenters. The lowest BCUT2D eigenvalue weighted by Crippen LogP contribution is -2.35. The number of nitrogens with zero attached hydrogens (tertiary/aromatic N) is 4. The summed E-state index contributed by atoms with van der Waals surface area (Å²) in [6, 6.07) is 0. The summed E-state index contributed by atoms with van der Waals surface area (Å²) in [6.07, 6.45) is 8.63. The molecule has 7 nitrogen and oxygen atoms in total. The fraction of sp³-hybridized carbons (Fsp3) is 0.529. The minimum atomic E-state index is -0.455. The van der Waals surface area contributed by atoms with Gasteiger partial charge in [-0.2, -0.15) is 5.10 Å². The molecule has 1 saturated heterocycles. The molecular weight excluding hydrogens is 306 g/mol. The third kappa shape index (κ3) is 4.10. The molecule has 1 amide bonds. The predicted molar refractivity (Wildman–Crippen MR) is 89.2 cm³/mol. The second kappa shape index (κ2) is 6.59. The van der Waals surface area contributed by atoms with E-state index in [-0.39, 0.29) is 6.09 Å². The summed E-state index contributed by atoms with van der Waals surface area (Å²) in [4.78, 5) is 22.8. The average molecular weight is 329 g/mol. The zero-order chi connectivity index (χ0) is 17.2. The third-order valence-corrected chi connectivity index (χ3v) is 3.93. The Morgan fingerprint density at radius 1 is 1.33 bits per heavy atom. The highest BCUT2D eigenvalue weighted by molar-refractivity contribution is 5.68. The Balaban J connectivity index is 1.55. The molecule has 0 saturated carbocycles. The van der Waals surface area contributed by atoms with Gasteiger partial charge >= 0.3 is 6.09 Å². The van der Waals surface area contributed by atoms with Gasteiger partial charge in [-0.05, 0) is 39.5 Å². The number of rotatable bonds is 3. The van der Waals surface area contributed by atoms with Crippen LogP contribution in [0.15, 0.2) is 24.8 Å². The Morgan fingerprint density at radius 3 is 2.79 bits per heavy atom. The van der Waals surface area contributed by atoms with Crippen LogP contribution in [0, 0.1) is 5.92 Å². The average Bonchev–Trinajstić information content (AvgIpc) is 3.17.